The summed E-state index contributed by atoms with van der Waals surface area (Å²) in [5.74, 6) is -2.76. The topological polar surface area (TPSA) is 61.1 Å². The fourth-order valence-electron chi connectivity index (χ4n) is 0. The molecular formula is C3HCsF3NO2S. The van der Waals surface area contributed by atoms with Gasteiger partial charge in [-0.15, -0.1) is 0 Å². The third-order valence-electron chi connectivity index (χ3n) is 0.243. The molecule has 0 fully saturated rings. The zero-order valence-electron chi connectivity index (χ0n) is 5.34. The molecule has 0 unspecified atom stereocenters. The van der Waals surface area contributed by atoms with Gasteiger partial charge in [0.25, 0.3) is 0 Å². The van der Waals surface area contributed by atoms with Crippen LogP contribution in [0.3, 0.4) is 0 Å². The van der Waals surface area contributed by atoms with E-state index in [1.165, 1.54) is 5.40 Å². The van der Waals surface area contributed by atoms with E-state index in [0.29, 0.717) is 0 Å². The molecule has 3 nitrogen and oxygen atoms in total. The molecule has 0 atom stereocenters. The Balaban J connectivity index is -0.000000140. The zero-order valence-corrected chi connectivity index (χ0v) is 12.4. The van der Waals surface area contributed by atoms with Gasteiger partial charge in [0, 0.05) is 0 Å². The van der Waals surface area contributed by atoms with Gasteiger partial charge in [-0.2, -0.15) is 13.2 Å². The molecule has 8 heteroatoms. The SMILES string of the molecule is N#C[S-].O=C(O)C(F)(F)F.[Cs+]. The summed E-state index contributed by atoms with van der Waals surface area (Å²) in [6, 6.07) is 0. The van der Waals surface area contributed by atoms with Crippen molar-refractivity contribution in [3.05, 3.63) is 0 Å². The number of hydrogen-bond donors (Lipinski definition) is 1. The monoisotopic (exact) mass is 305 g/mol. The van der Waals surface area contributed by atoms with Crippen LogP contribution in [-0.4, -0.2) is 17.3 Å². The van der Waals surface area contributed by atoms with Crippen LogP contribution in [0.1, 0.15) is 0 Å². The van der Waals surface area contributed by atoms with E-state index in [1.54, 1.807) is 0 Å². The van der Waals surface area contributed by atoms with Crippen LogP contribution in [0, 0.1) is 10.7 Å². The van der Waals surface area contributed by atoms with Gasteiger partial charge in [-0.25, -0.2) is 10.1 Å². The number of halogens is 3. The minimum Gasteiger partial charge on any atom is -0.696 e. The Hall–Kier alpha value is 1.02. The van der Waals surface area contributed by atoms with Crippen molar-refractivity contribution in [1.29, 1.82) is 5.26 Å². The number of nitriles is 1. The number of thiocyanates is 1. The molecule has 0 bridgehead atoms. The van der Waals surface area contributed by atoms with Crippen LogP contribution in [0.15, 0.2) is 0 Å². The first kappa shape index (κ1) is 17.9. The standard InChI is InChI=1S/C2HF3O2.CHNS.Cs/c3-2(4,5)1(6)7;2-1-3;/h(H,6,7);3H;/q;;+1/p-1. The summed E-state index contributed by atoms with van der Waals surface area (Å²) in [7, 11) is 0. The third-order valence-corrected chi connectivity index (χ3v) is 0.243. The van der Waals surface area contributed by atoms with Gasteiger partial charge < -0.3 is 17.7 Å². The van der Waals surface area contributed by atoms with Gasteiger partial charge in [-0.3, -0.25) is 0 Å². The van der Waals surface area contributed by atoms with Gasteiger partial charge in [0.2, 0.25) is 0 Å². The largest absolute Gasteiger partial charge is 1.00 e. The summed E-state index contributed by atoms with van der Waals surface area (Å²) < 4.78 is 31.7. The predicted molar refractivity (Wildman–Crippen MR) is 26.7 cm³/mol. The maximum absolute atomic E-state index is 10.6. The zero-order chi connectivity index (χ0) is 8.78. The van der Waals surface area contributed by atoms with Crippen molar-refractivity contribution in [2.45, 2.75) is 6.18 Å². The van der Waals surface area contributed by atoms with E-state index in [9.17, 15) is 13.2 Å². The minimum atomic E-state index is -5.08. The van der Waals surface area contributed by atoms with E-state index in [0.717, 1.165) is 0 Å². The van der Waals surface area contributed by atoms with Gasteiger partial charge in [0.05, 0.1) is 0 Å². The van der Waals surface area contributed by atoms with Gasteiger partial charge >= 0.3 is 81.0 Å². The van der Waals surface area contributed by atoms with Gasteiger partial charge in [0.1, 0.15) is 0 Å². The van der Waals surface area contributed by atoms with E-state index in [2.05, 4.69) is 12.6 Å². The molecule has 0 aliphatic carbocycles. The quantitative estimate of drug-likeness (QED) is 0.402. The average Bonchev–Trinajstić information content (AvgIpc) is 1.64. The number of carboxylic acids is 1. The predicted octanol–water partition coefficient (Wildman–Crippen LogP) is -2.35. The molecule has 0 saturated heterocycles. The maximum atomic E-state index is 10.6. The Morgan fingerprint density at radius 2 is 1.64 bits per heavy atom. The van der Waals surface area contributed by atoms with Crippen LogP contribution in [0.5, 0.6) is 0 Å². The van der Waals surface area contributed by atoms with Crippen LogP contribution in [0.25, 0.3) is 0 Å². The Labute approximate surface area is 125 Å². The Morgan fingerprint density at radius 1 is 1.55 bits per heavy atom. The molecular weight excluding hydrogens is 304 g/mol. The molecule has 0 saturated carbocycles. The van der Waals surface area contributed by atoms with Crippen molar-refractivity contribution in [3.8, 4) is 5.40 Å². The van der Waals surface area contributed by atoms with Crippen LogP contribution < -0.4 is 68.9 Å². The maximum Gasteiger partial charge on any atom is 1.00 e. The fourth-order valence-corrected chi connectivity index (χ4v) is 0. The number of aliphatic carboxylic acids is 1. The summed E-state index contributed by atoms with van der Waals surface area (Å²) in [6.45, 7) is 0. The molecule has 0 spiro atoms. The van der Waals surface area contributed by atoms with Crippen molar-refractivity contribution in [3.63, 3.8) is 0 Å². The second-order valence-electron chi connectivity index (χ2n) is 0.894. The number of carbonyl (C=O) groups is 1. The Kier molecular flexibility index (Phi) is 14.9. The second kappa shape index (κ2) is 9.11. The molecule has 0 aromatic rings. The minimum absolute atomic E-state index is 0. The van der Waals surface area contributed by atoms with Crippen LogP contribution in [0.2, 0.25) is 0 Å². The van der Waals surface area contributed by atoms with E-state index >= 15 is 0 Å². The molecule has 11 heavy (non-hydrogen) atoms. The molecule has 0 aliphatic rings. The molecule has 1 N–H and O–H groups in total. The number of alkyl halides is 3. The Morgan fingerprint density at radius 3 is 1.64 bits per heavy atom. The summed E-state index contributed by atoms with van der Waals surface area (Å²) >= 11 is 3.70. The average molecular weight is 305 g/mol. The van der Waals surface area contributed by atoms with Gasteiger partial charge in [-0.1, -0.05) is 5.40 Å². The summed E-state index contributed by atoms with van der Waals surface area (Å²) in [4.78, 5) is 8.90. The van der Waals surface area contributed by atoms with Crippen LogP contribution >= 0.6 is 0 Å². The Bertz CT molecular complexity index is 154. The first-order valence-electron chi connectivity index (χ1n) is 1.67. The summed E-state index contributed by atoms with van der Waals surface area (Å²) in [6.07, 6.45) is -5.08. The molecule has 0 heterocycles. The third kappa shape index (κ3) is 18.2. The van der Waals surface area contributed by atoms with Crippen LogP contribution in [0.4, 0.5) is 13.2 Å². The van der Waals surface area contributed by atoms with Crippen LogP contribution in [-0.2, 0) is 17.4 Å². The number of nitrogens with zero attached hydrogens (tertiary/aromatic N) is 1. The number of rotatable bonds is 0. The second-order valence-corrected chi connectivity index (χ2v) is 1.08. The molecule has 0 amide bonds. The molecule has 0 radical (unpaired) electrons. The number of hydrogen-bond acceptors (Lipinski definition) is 3. The van der Waals surface area contributed by atoms with Gasteiger partial charge in [-0.05, 0) is 0 Å². The van der Waals surface area contributed by atoms with E-state index < -0.39 is 12.1 Å². The molecule has 0 aliphatic heterocycles. The molecule has 0 aromatic carbocycles. The van der Waals surface area contributed by atoms with E-state index in [4.69, 9.17) is 15.2 Å². The molecule has 0 rings (SSSR count). The van der Waals surface area contributed by atoms with E-state index in [1.807, 2.05) is 0 Å². The summed E-state index contributed by atoms with van der Waals surface area (Å²) in [5, 5.41) is 15.6. The molecule has 58 valence electrons. The first-order chi connectivity index (χ1) is 4.36. The van der Waals surface area contributed by atoms with Crippen molar-refractivity contribution in [1.82, 2.24) is 0 Å². The van der Waals surface area contributed by atoms with Gasteiger partial charge in [0.15, 0.2) is 0 Å². The molecule has 0 aromatic heterocycles. The smallest absolute Gasteiger partial charge is 0.696 e. The normalized spacial score (nSPS) is 7.82. The van der Waals surface area contributed by atoms with Crippen molar-refractivity contribution in [2.75, 3.05) is 0 Å². The van der Waals surface area contributed by atoms with Crippen molar-refractivity contribution < 1.29 is 92.0 Å². The summed E-state index contributed by atoms with van der Waals surface area (Å²) in [5.41, 5.74) is 0. The first-order valence-corrected chi connectivity index (χ1v) is 2.08. The van der Waals surface area contributed by atoms with Crippen molar-refractivity contribution in [2.24, 2.45) is 0 Å². The van der Waals surface area contributed by atoms with Crippen molar-refractivity contribution >= 4 is 18.6 Å². The fraction of sp³-hybridized carbons (Fsp3) is 0.333. The number of carboxylic acid groups (broad SMARTS) is 1. The van der Waals surface area contributed by atoms with E-state index in [-0.39, 0.29) is 68.9 Å².